The molecule has 4 heteroatoms. The van der Waals surface area contributed by atoms with Gasteiger partial charge in [0.1, 0.15) is 5.75 Å². The zero-order valence-corrected chi connectivity index (χ0v) is 17.0. The van der Waals surface area contributed by atoms with E-state index in [0.717, 1.165) is 34.5 Å². The molecule has 1 atom stereocenters. The lowest BCUT2D eigenvalue weighted by Crippen LogP contribution is -2.27. The largest absolute Gasteiger partial charge is 0.497 e. The number of aromatic nitrogens is 1. The summed E-state index contributed by atoms with van der Waals surface area (Å²) in [6, 6.07) is 26.7. The Bertz CT molecular complexity index is 1200. The molecule has 1 aliphatic heterocycles. The molecule has 1 unspecified atom stereocenters. The summed E-state index contributed by atoms with van der Waals surface area (Å²) in [7, 11) is 1.68. The van der Waals surface area contributed by atoms with Crippen LogP contribution in [0.2, 0.25) is 0 Å². The van der Waals surface area contributed by atoms with Gasteiger partial charge in [-0.3, -0.25) is 4.79 Å². The van der Waals surface area contributed by atoms with Crippen molar-refractivity contribution in [3.8, 4) is 17.0 Å². The number of fused-ring (bicyclic) bond motifs is 1. The van der Waals surface area contributed by atoms with Crippen molar-refractivity contribution in [2.75, 3.05) is 7.11 Å². The highest BCUT2D eigenvalue weighted by atomic mass is 16.5. The molecule has 1 aromatic heterocycles. The van der Waals surface area contributed by atoms with Crippen LogP contribution >= 0.6 is 0 Å². The van der Waals surface area contributed by atoms with Gasteiger partial charge in [-0.15, -0.1) is 0 Å². The average Bonchev–Trinajstić information content (AvgIpc) is 3.35. The second-order valence-electron chi connectivity index (χ2n) is 7.75. The molecule has 0 bridgehead atoms. The minimum atomic E-state index is 0.0371. The number of methoxy groups -OCH3 is 1. The van der Waals surface area contributed by atoms with Crippen LogP contribution in [0.1, 0.15) is 30.0 Å². The fourth-order valence-electron chi connectivity index (χ4n) is 4.53. The third kappa shape index (κ3) is 3.24. The first-order valence-electron chi connectivity index (χ1n) is 10.3. The molecule has 0 spiro atoms. The van der Waals surface area contributed by atoms with Gasteiger partial charge < -0.3 is 14.6 Å². The third-order valence-electron chi connectivity index (χ3n) is 5.96. The molecular formula is C26H24N2O2. The van der Waals surface area contributed by atoms with Gasteiger partial charge in [0.05, 0.1) is 18.8 Å². The number of hydrogen-bond donors (Lipinski definition) is 1. The quantitative estimate of drug-likeness (QED) is 0.470. The predicted molar refractivity (Wildman–Crippen MR) is 119 cm³/mol. The first-order valence-corrected chi connectivity index (χ1v) is 10.3. The van der Waals surface area contributed by atoms with Crippen LogP contribution < -0.4 is 4.74 Å². The van der Waals surface area contributed by atoms with Crippen molar-refractivity contribution >= 4 is 16.8 Å². The number of aromatic amines is 1. The topological polar surface area (TPSA) is 45.3 Å². The van der Waals surface area contributed by atoms with E-state index in [4.69, 9.17) is 4.74 Å². The molecule has 4 aromatic rings. The van der Waals surface area contributed by atoms with E-state index < -0.39 is 0 Å². The summed E-state index contributed by atoms with van der Waals surface area (Å²) in [5.74, 6) is 1.03. The Morgan fingerprint density at radius 3 is 2.63 bits per heavy atom. The lowest BCUT2D eigenvalue weighted by atomic mass is 9.96. The van der Waals surface area contributed by atoms with Crippen LogP contribution in [-0.4, -0.2) is 22.9 Å². The number of nitrogens with zero attached hydrogens (tertiary/aromatic N) is 1. The molecule has 0 saturated carbocycles. The summed E-state index contributed by atoms with van der Waals surface area (Å²) in [4.78, 5) is 18.5. The molecule has 4 nitrogen and oxygen atoms in total. The maximum atomic E-state index is 12.9. The predicted octanol–water partition coefficient (Wildman–Crippen LogP) is 5.71. The van der Waals surface area contributed by atoms with Crippen LogP contribution in [0.4, 0.5) is 0 Å². The number of likely N-dealkylation sites (tertiary alicyclic amines) is 1. The molecule has 0 radical (unpaired) electrons. The van der Waals surface area contributed by atoms with E-state index in [0.29, 0.717) is 13.0 Å². The molecule has 0 aliphatic carbocycles. The van der Waals surface area contributed by atoms with Crippen molar-refractivity contribution in [2.45, 2.75) is 25.4 Å². The van der Waals surface area contributed by atoms with E-state index in [1.54, 1.807) is 7.11 Å². The van der Waals surface area contributed by atoms with Gasteiger partial charge in [0.15, 0.2) is 0 Å². The number of carbonyl (C=O) groups excluding carboxylic acids is 1. The molecule has 3 aromatic carbocycles. The van der Waals surface area contributed by atoms with Gasteiger partial charge >= 0.3 is 0 Å². The number of rotatable bonds is 5. The number of H-pyrrole nitrogens is 1. The summed E-state index contributed by atoms with van der Waals surface area (Å²) in [5, 5.41) is 1.17. The first-order chi connectivity index (χ1) is 14.7. The van der Waals surface area contributed by atoms with Crippen molar-refractivity contribution in [2.24, 2.45) is 0 Å². The third-order valence-corrected chi connectivity index (χ3v) is 5.96. The Labute approximate surface area is 176 Å². The van der Waals surface area contributed by atoms with Crippen molar-refractivity contribution in [1.82, 2.24) is 9.88 Å². The van der Waals surface area contributed by atoms with Crippen molar-refractivity contribution < 1.29 is 9.53 Å². The second-order valence-corrected chi connectivity index (χ2v) is 7.75. The van der Waals surface area contributed by atoms with Crippen LogP contribution in [0.3, 0.4) is 0 Å². The molecular weight excluding hydrogens is 372 g/mol. The van der Waals surface area contributed by atoms with E-state index in [-0.39, 0.29) is 11.9 Å². The maximum absolute atomic E-state index is 12.9. The second kappa shape index (κ2) is 7.71. The van der Waals surface area contributed by atoms with Gasteiger partial charge in [-0.05, 0) is 30.2 Å². The van der Waals surface area contributed by atoms with Gasteiger partial charge in [0, 0.05) is 35.0 Å². The SMILES string of the molecule is COc1cccc(-c2[nH]c3ccccc3c2C2CCC(=O)N2Cc2ccccc2)c1. The van der Waals surface area contributed by atoms with Crippen molar-refractivity contribution in [3.63, 3.8) is 0 Å². The number of amides is 1. The number of ether oxygens (including phenoxy) is 1. The van der Waals surface area contributed by atoms with Crippen molar-refractivity contribution in [3.05, 3.63) is 90.0 Å². The summed E-state index contributed by atoms with van der Waals surface area (Å²) < 4.78 is 5.45. The van der Waals surface area contributed by atoms with Gasteiger partial charge in [0.2, 0.25) is 5.91 Å². The van der Waals surface area contributed by atoms with Gasteiger partial charge in [0.25, 0.3) is 0 Å². The summed E-state index contributed by atoms with van der Waals surface area (Å²) in [5.41, 5.74) is 5.57. The minimum absolute atomic E-state index is 0.0371. The Morgan fingerprint density at radius 1 is 1.00 bits per heavy atom. The van der Waals surface area contributed by atoms with Gasteiger partial charge in [-0.25, -0.2) is 0 Å². The molecule has 150 valence electrons. The Balaban J connectivity index is 1.64. The van der Waals surface area contributed by atoms with Crippen LogP contribution in [-0.2, 0) is 11.3 Å². The lowest BCUT2D eigenvalue weighted by Gasteiger charge is -2.26. The van der Waals surface area contributed by atoms with E-state index >= 15 is 0 Å². The zero-order chi connectivity index (χ0) is 20.5. The highest BCUT2D eigenvalue weighted by molar-refractivity contribution is 5.93. The van der Waals surface area contributed by atoms with Crippen molar-refractivity contribution in [1.29, 1.82) is 0 Å². The smallest absolute Gasteiger partial charge is 0.223 e. The van der Waals surface area contributed by atoms with Crippen LogP contribution in [0, 0.1) is 0 Å². The first kappa shape index (κ1) is 18.5. The summed E-state index contributed by atoms with van der Waals surface area (Å²) in [6.07, 6.45) is 1.40. The Hall–Kier alpha value is -3.53. The summed E-state index contributed by atoms with van der Waals surface area (Å²) >= 11 is 0. The molecule has 30 heavy (non-hydrogen) atoms. The highest BCUT2D eigenvalue weighted by Crippen LogP contribution is 2.43. The van der Waals surface area contributed by atoms with Gasteiger partial charge in [-0.2, -0.15) is 0 Å². The number of benzene rings is 3. The number of para-hydroxylation sites is 1. The average molecular weight is 396 g/mol. The zero-order valence-electron chi connectivity index (χ0n) is 17.0. The number of nitrogens with one attached hydrogen (secondary N) is 1. The molecule has 2 heterocycles. The molecule has 1 aliphatic rings. The summed E-state index contributed by atoms with van der Waals surface area (Å²) in [6.45, 7) is 0.626. The van der Waals surface area contributed by atoms with E-state index in [1.807, 2.05) is 47.4 Å². The Morgan fingerprint density at radius 2 is 1.80 bits per heavy atom. The van der Waals surface area contributed by atoms with E-state index in [1.165, 1.54) is 10.9 Å². The van der Waals surface area contributed by atoms with Crippen LogP contribution in [0.5, 0.6) is 5.75 Å². The van der Waals surface area contributed by atoms with Crippen LogP contribution in [0.25, 0.3) is 22.2 Å². The highest BCUT2D eigenvalue weighted by Gasteiger charge is 2.35. The molecule has 1 saturated heterocycles. The maximum Gasteiger partial charge on any atom is 0.223 e. The molecule has 1 amide bonds. The van der Waals surface area contributed by atoms with E-state index in [2.05, 4.69) is 41.4 Å². The van der Waals surface area contributed by atoms with Crippen LogP contribution in [0.15, 0.2) is 78.9 Å². The number of carbonyl (C=O) groups is 1. The fraction of sp³-hybridized carbons (Fsp3) is 0.192. The number of hydrogen-bond acceptors (Lipinski definition) is 2. The molecule has 5 rings (SSSR count). The van der Waals surface area contributed by atoms with E-state index in [9.17, 15) is 4.79 Å². The molecule has 1 N–H and O–H groups in total. The monoisotopic (exact) mass is 396 g/mol. The normalized spacial score (nSPS) is 16.4. The fourth-order valence-corrected chi connectivity index (χ4v) is 4.53. The molecule has 1 fully saturated rings. The standard InChI is InChI=1S/C26H24N2O2/c1-30-20-11-7-10-19(16-20)26-25(21-12-5-6-13-22(21)27-26)23-14-15-24(29)28(23)17-18-8-3-2-4-9-18/h2-13,16,23,27H,14-15,17H2,1H3. The minimum Gasteiger partial charge on any atom is -0.497 e. The Kier molecular flexibility index (Phi) is 4.75. The lowest BCUT2D eigenvalue weighted by molar-refractivity contribution is -0.129. The van der Waals surface area contributed by atoms with Gasteiger partial charge in [-0.1, -0.05) is 60.7 Å².